The lowest BCUT2D eigenvalue weighted by Crippen LogP contribution is -2.17. The Bertz CT molecular complexity index is 1050. The lowest BCUT2D eigenvalue weighted by Gasteiger charge is -2.09. The van der Waals surface area contributed by atoms with Gasteiger partial charge in [-0.05, 0) is 48.0 Å². The number of nitrogens with one attached hydrogen (secondary N) is 1. The normalized spacial score (nSPS) is 10.6. The van der Waals surface area contributed by atoms with Gasteiger partial charge < -0.3 is 9.47 Å². The van der Waals surface area contributed by atoms with E-state index in [-0.39, 0.29) is 5.75 Å². The summed E-state index contributed by atoms with van der Waals surface area (Å²) in [7, 11) is 1.46. The highest BCUT2D eigenvalue weighted by atomic mass is 35.5. The number of esters is 1. The Morgan fingerprint density at radius 1 is 1.10 bits per heavy atom. The van der Waals surface area contributed by atoms with Crippen LogP contribution in [-0.2, 0) is 0 Å². The second-order valence-electron chi connectivity index (χ2n) is 5.72. The van der Waals surface area contributed by atoms with E-state index in [9.17, 15) is 9.59 Å². The molecule has 0 aliphatic carbocycles. The Hall–Kier alpha value is -3.71. The van der Waals surface area contributed by atoms with Gasteiger partial charge in [-0.25, -0.2) is 10.2 Å². The van der Waals surface area contributed by atoms with E-state index in [1.807, 2.05) is 0 Å². The molecule has 0 bridgehead atoms. The van der Waals surface area contributed by atoms with Gasteiger partial charge in [0.25, 0.3) is 5.91 Å². The summed E-state index contributed by atoms with van der Waals surface area (Å²) < 4.78 is 10.6. The maximum Gasteiger partial charge on any atom is 0.345 e. The summed E-state index contributed by atoms with van der Waals surface area (Å²) in [6, 6.07) is 14.8. The van der Waals surface area contributed by atoms with E-state index >= 15 is 0 Å². The number of carbonyl (C=O) groups excluding carboxylic acids is 2. The molecule has 0 saturated carbocycles. The van der Waals surface area contributed by atoms with E-state index in [0.717, 1.165) is 0 Å². The summed E-state index contributed by atoms with van der Waals surface area (Å²) in [6.45, 7) is 0. The maximum absolute atomic E-state index is 12.2. The molecule has 0 aliphatic heterocycles. The molecule has 0 fully saturated rings. The first-order chi connectivity index (χ1) is 14.1. The van der Waals surface area contributed by atoms with Crippen molar-refractivity contribution in [2.45, 2.75) is 0 Å². The minimum absolute atomic E-state index is 0.249. The molecular formula is C21H16ClN3O4. The summed E-state index contributed by atoms with van der Waals surface area (Å²) in [5.74, 6) is -0.395. The Kier molecular flexibility index (Phi) is 6.55. The monoisotopic (exact) mass is 409 g/mol. The van der Waals surface area contributed by atoms with Crippen LogP contribution in [0.2, 0.25) is 5.02 Å². The maximum atomic E-state index is 12.2. The molecule has 0 saturated heterocycles. The van der Waals surface area contributed by atoms with E-state index in [4.69, 9.17) is 21.1 Å². The van der Waals surface area contributed by atoms with Crippen LogP contribution in [0.4, 0.5) is 0 Å². The summed E-state index contributed by atoms with van der Waals surface area (Å²) in [5.41, 5.74) is 3.68. The van der Waals surface area contributed by atoms with Crippen molar-refractivity contribution in [2.75, 3.05) is 7.11 Å². The zero-order chi connectivity index (χ0) is 20.6. The average molecular weight is 410 g/mol. The predicted octanol–water partition coefficient (Wildman–Crippen LogP) is 3.73. The number of hydrogen-bond acceptors (Lipinski definition) is 6. The molecule has 1 aromatic heterocycles. The van der Waals surface area contributed by atoms with Crippen molar-refractivity contribution in [3.05, 3.63) is 88.7 Å². The molecule has 2 aromatic carbocycles. The van der Waals surface area contributed by atoms with Crippen LogP contribution in [0.3, 0.4) is 0 Å². The van der Waals surface area contributed by atoms with Crippen LogP contribution < -0.4 is 14.9 Å². The molecule has 3 aromatic rings. The molecule has 0 spiro atoms. The van der Waals surface area contributed by atoms with Crippen molar-refractivity contribution in [2.24, 2.45) is 5.10 Å². The molecule has 7 nitrogen and oxygen atoms in total. The van der Waals surface area contributed by atoms with Gasteiger partial charge in [0.05, 0.1) is 29.5 Å². The molecule has 1 amide bonds. The van der Waals surface area contributed by atoms with Gasteiger partial charge >= 0.3 is 5.97 Å². The van der Waals surface area contributed by atoms with Gasteiger partial charge in [-0.15, -0.1) is 0 Å². The molecular weight excluding hydrogens is 394 g/mol. The molecule has 1 N–H and O–H groups in total. The fourth-order valence-electron chi connectivity index (χ4n) is 2.36. The molecule has 0 radical (unpaired) electrons. The molecule has 0 atom stereocenters. The Morgan fingerprint density at radius 3 is 2.66 bits per heavy atom. The number of hydrogen-bond donors (Lipinski definition) is 1. The lowest BCUT2D eigenvalue weighted by atomic mass is 10.2. The largest absolute Gasteiger partial charge is 0.493 e. The third-order valence-electron chi connectivity index (χ3n) is 3.79. The first-order valence-corrected chi connectivity index (χ1v) is 8.84. The molecule has 3 rings (SSSR count). The Morgan fingerprint density at radius 2 is 1.93 bits per heavy atom. The summed E-state index contributed by atoms with van der Waals surface area (Å²) >= 11 is 5.98. The van der Waals surface area contributed by atoms with Crippen molar-refractivity contribution in [1.82, 2.24) is 10.4 Å². The molecule has 146 valence electrons. The van der Waals surface area contributed by atoms with Gasteiger partial charge in [-0.1, -0.05) is 23.7 Å². The van der Waals surface area contributed by atoms with Crippen LogP contribution in [-0.4, -0.2) is 30.2 Å². The summed E-state index contributed by atoms with van der Waals surface area (Å²) in [5, 5.41) is 4.25. The zero-order valence-electron chi connectivity index (χ0n) is 15.3. The van der Waals surface area contributed by atoms with Crippen molar-refractivity contribution in [1.29, 1.82) is 0 Å². The predicted molar refractivity (Wildman–Crippen MR) is 109 cm³/mol. The van der Waals surface area contributed by atoms with E-state index < -0.39 is 11.9 Å². The number of nitrogens with zero attached hydrogens (tertiary/aromatic N) is 2. The number of pyridine rings is 1. The molecule has 1 heterocycles. The smallest absolute Gasteiger partial charge is 0.345 e. The highest BCUT2D eigenvalue weighted by Crippen LogP contribution is 2.28. The summed E-state index contributed by atoms with van der Waals surface area (Å²) in [6.07, 6.45) is 4.41. The number of hydrazone groups is 1. The number of ether oxygens (including phenoxy) is 2. The quantitative estimate of drug-likeness (QED) is 0.290. The minimum Gasteiger partial charge on any atom is -0.493 e. The van der Waals surface area contributed by atoms with Crippen LogP contribution in [0.25, 0.3) is 0 Å². The fraction of sp³-hybridized carbons (Fsp3) is 0.0476. The number of halogens is 1. The molecule has 29 heavy (non-hydrogen) atoms. The third kappa shape index (κ3) is 5.18. The third-order valence-corrected chi connectivity index (χ3v) is 4.12. The molecule has 0 unspecified atom stereocenters. The van der Waals surface area contributed by atoms with E-state index in [1.54, 1.807) is 60.8 Å². The van der Waals surface area contributed by atoms with Crippen molar-refractivity contribution >= 4 is 29.7 Å². The zero-order valence-corrected chi connectivity index (χ0v) is 16.1. The highest BCUT2D eigenvalue weighted by molar-refractivity contribution is 6.33. The first-order valence-electron chi connectivity index (χ1n) is 8.46. The van der Waals surface area contributed by atoms with Crippen molar-refractivity contribution in [3.63, 3.8) is 0 Å². The van der Waals surface area contributed by atoms with Crippen LogP contribution >= 0.6 is 11.6 Å². The van der Waals surface area contributed by atoms with Crippen molar-refractivity contribution < 1.29 is 19.1 Å². The van der Waals surface area contributed by atoms with Crippen LogP contribution in [0.1, 0.15) is 26.3 Å². The van der Waals surface area contributed by atoms with Gasteiger partial charge in [-0.3, -0.25) is 9.78 Å². The van der Waals surface area contributed by atoms with Crippen molar-refractivity contribution in [3.8, 4) is 11.5 Å². The topological polar surface area (TPSA) is 89.9 Å². The fourth-order valence-corrected chi connectivity index (χ4v) is 2.58. The van der Waals surface area contributed by atoms with Gasteiger partial charge in [-0.2, -0.15) is 5.10 Å². The van der Waals surface area contributed by atoms with Gasteiger partial charge in [0.15, 0.2) is 11.5 Å². The Labute approximate surface area is 171 Å². The van der Waals surface area contributed by atoms with Crippen LogP contribution in [0.15, 0.2) is 72.1 Å². The van der Waals surface area contributed by atoms with E-state index in [1.165, 1.54) is 19.5 Å². The highest BCUT2D eigenvalue weighted by Gasteiger charge is 2.13. The van der Waals surface area contributed by atoms with E-state index in [2.05, 4.69) is 15.5 Å². The second kappa shape index (κ2) is 9.48. The summed E-state index contributed by atoms with van der Waals surface area (Å²) in [4.78, 5) is 28.2. The van der Waals surface area contributed by atoms with Crippen LogP contribution in [0, 0.1) is 0 Å². The standard InChI is InChI=1S/C21H16ClN3O4/c1-28-19-11-14(12-24-25-20(26)16-6-2-3-7-17(16)22)8-9-18(19)29-21(27)15-5-4-10-23-13-15/h2-13H,1H3,(H,25,26)/b24-12+. The van der Waals surface area contributed by atoms with E-state index in [0.29, 0.717) is 27.5 Å². The van der Waals surface area contributed by atoms with Gasteiger partial charge in [0, 0.05) is 12.4 Å². The number of methoxy groups -OCH3 is 1. The molecule has 0 aliphatic rings. The number of rotatable bonds is 6. The Balaban J connectivity index is 1.68. The second-order valence-corrected chi connectivity index (χ2v) is 6.13. The number of amides is 1. The number of aromatic nitrogens is 1. The van der Waals surface area contributed by atoms with Crippen LogP contribution in [0.5, 0.6) is 11.5 Å². The number of carbonyl (C=O) groups is 2. The SMILES string of the molecule is COc1cc(/C=N/NC(=O)c2ccccc2Cl)ccc1OC(=O)c1cccnc1. The number of benzene rings is 2. The molecule has 8 heteroatoms. The first kappa shape index (κ1) is 20.0. The average Bonchev–Trinajstić information content (AvgIpc) is 2.75. The minimum atomic E-state index is -0.551. The van der Waals surface area contributed by atoms with Gasteiger partial charge in [0.2, 0.25) is 0 Å². The lowest BCUT2D eigenvalue weighted by molar-refractivity contribution is 0.0729. The van der Waals surface area contributed by atoms with Gasteiger partial charge in [0.1, 0.15) is 0 Å².